The lowest BCUT2D eigenvalue weighted by molar-refractivity contribution is -0.135. The molecule has 160 valence electrons. The number of amides is 1. The molecule has 1 aliphatic heterocycles. The van der Waals surface area contributed by atoms with Crippen LogP contribution in [0, 0.1) is 13.8 Å². The van der Waals surface area contributed by atoms with E-state index in [1.165, 1.54) is 4.31 Å². The molecule has 4 rings (SSSR count). The third kappa shape index (κ3) is 3.77. The number of aryl methyl sites for hydroxylation is 2. The predicted molar refractivity (Wildman–Crippen MR) is 117 cm³/mol. The maximum atomic E-state index is 13.4. The molecule has 1 atom stereocenters. The summed E-state index contributed by atoms with van der Waals surface area (Å²) in [5.41, 5.74) is 1.84. The molecule has 3 heterocycles. The lowest BCUT2D eigenvalue weighted by Crippen LogP contribution is -2.52. The van der Waals surface area contributed by atoms with Crippen molar-refractivity contribution in [2.24, 2.45) is 0 Å². The highest BCUT2D eigenvalue weighted by Gasteiger charge is 2.39. The molecule has 3 aromatic rings. The van der Waals surface area contributed by atoms with Crippen LogP contribution in [0.5, 0.6) is 0 Å². The lowest BCUT2D eigenvalue weighted by Gasteiger charge is -2.35. The fourth-order valence-corrected chi connectivity index (χ4v) is 6.59. The number of carbonyl (C=O) groups is 1. The first-order valence-corrected chi connectivity index (χ1v) is 12.3. The molecule has 1 aliphatic rings. The second-order valence-electron chi connectivity index (χ2n) is 7.77. The molecule has 0 aliphatic carbocycles. The van der Waals surface area contributed by atoms with E-state index >= 15 is 0 Å². The summed E-state index contributed by atoms with van der Waals surface area (Å²) in [6.07, 6.45) is 4.16. The van der Waals surface area contributed by atoms with Crippen molar-refractivity contribution >= 4 is 32.2 Å². The van der Waals surface area contributed by atoms with Crippen LogP contribution in [-0.4, -0.2) is 52.5 Å². The van der Waals surface area contributed by atoms with Gasteiger partial charge in [-0.25, -0.2) is 13.4 Å². The summed E-state index contributed by atoms with van der Waals surface area (Å²) in [7, 11) is -1.98. The first-order valence-electron chi connectivity index (χ1n) is 10.0. The molecule has 2 aromatic heterocycles. The van der Waals surface area contributed by atoms with Gasteiger partial charge in [-0.15, -0.1) is 11.3 Å². The molecular formula is C21H26N4O3S2. The van der Waals surface area contributed by atoms with Crippen LogP contribution in [0.2, 0.25) is 0 Å². The van der Waals surface area contributed by atoms with Gasteiger partial charge in [-0.1, -0.05) is 24.6 Å². The largest absolute Gasteiger partial charge is 0.338 e. The number of carbonyl (C=O) groups excluding carboxylic acids is 1. The minimum Gasteiger partial charge on any atom is -0.338 e. The van der Waals surface area contributed by atoms with Gasteiger partial charge in [0.15, 0.2) is 4.96 Å². The highest BCUT2D eigenvalue weighted by Crippen LogP contribution is 2.27. The fraction of sp³-hybridized carbons (Fsp3) is 0.429. The molecule has 0 radical (unpaired) electrons. The van der Waals surface area contributed by atoms with Crippen molar-refractivity contribution in [1.82, 2.24) is 18.6 Å². The summed E-state index contributed by atoms with van der Waals surface area (Å²) >= 11 is 1.61. The number of nitrogens with zero attached hydrogens (tertiary/aromatic N) is 4. The zero-order chi connectivity index (χ0) is 21.5. The molecule has 9 heteroatoms. The van der Waals surface area contributed by atoms with Crippen LogP contribution >= 0.6 is 11.3 Å². The van der Waals surface area contributed by atoms with Gasteiger partial charge in [0.1, 0.15) is 6.04 Å². The van der Waals surface area contributed by atoms with Gasteiger partial charge in [0.2, 0.25) is 15.9 Å². The summed E-state index contributed by atoms with van der Waals surface area (Å²) in [6.45, 7) is 4.72. The van der Waals surface area contributed by atoms with E-state index in [1.807, 2.05) is 24.4 Å². The van der Waals surface area contributed by atoms with E-state index in [0.717, 1.165) is 34.1 Å². The summed E-state index contributed by atoms with van der Waals surface area (Å²) in [5, 5.41) is 0. The molecule has 1 saturated heterocycles. The third-order valence-corrected chi connectivity index (χ3v) is 8.41. The van der Waals surface area contributed by atoms with Crippen molar-refractivity contribution in [3.63, 3.8) is 0 Å². The molecule has 1 aromatic carbocycles. The van der Waals surface area contributed by atoms with Crippen molar-refractivity contribution in [3.8, 4) is 0 Å². The Balaban J connectivity index is 1.59. The Morgan fingerprint density at radius 2 is 1.97 bits per heavy atom. The number of sulfonamides is 1. The maximum absolute atomic E-state index is 13.4. The number of thiazole rings is 1. The van der Waals surface area contributed by atoms with Crippen LogP contribution in [0.3, 0.4) is 0 Å². The smallest absolute Gasteiger partial charge is 0.243 e. The Morgan fingerprint density at radius 3 is 2.70 bits per heavy atom. The van der Waals surface area contributed by atoms with Crippen LogP contribution in [0.1, 0.15) is 35.5 Å². The highest BCUT2D eigenvalue weighted by molar-refractivity contribution is 7.89. The van der Waals surface area contributed by atoms with E-state index in [9.17, 15) is 13.2 Å². The molecule has 7 nitrogen and oxygen atoms in total. The van der Waals surface area contributed by atoms with Gasteiger partial charge in [-0.3, -0.25) is 9.20 Å². The van der Waals surface area contributed by atoms with Gasteiger partial charge in [-0.2, -0.15) is 4.31 Å². The average molecular weight is 447 g/mol. The Hall–Kier alpha value is -2.23. The van der Waals surface area contributed by atoms with Gasteiger partial charge in [0, 0.05) is 24.7 Å². The maximum Gasteiger partial charge on any atom is 0.243 e. The van der Waals surface area contributed by atoms with E-state index in [1.54, 1.807) is 53.6 Å². The lowest BCUT2D eigenvalue weighted by atomic mass is 10.0. The normalized spacial score (nSPS) is 18.0. The van der Waals surface area contributed by atoms with Gasteiger partial charge >= 0.3 is 0 Å². The zero-order valence-electron chi connectivity index (χ0n) is 17.4. The molecule has 0 N–H and O–H groups in total. The molecule has 30 heavy (non-hydrogen) atoms. The monoisotopic (exact) mass is 446 g/mol. The van der Waals surface area contributed by atoms with E-state index in [2.05, 4.69) is 4.98 Å². The topological polar surface area (TPSA) is 75.0 Å². The van der Waals surface area contributed by atoms with Crippen molar-refractivity contribution in [2.75, 3.05) is 13.6 Å². The van der Waals surface area contributed by atoms with Crippen LogP contribution in [0.4, 0.5) is 0 Å². The Bertz CT molecular complexity index is 1170. The number of rotatable bonds is 5. The molecule has 1 amide bonds. The van der Waals surface area contributed by atoms with Crippen molar-refractivity contribution in [3.05, 3.63) is 52.8 Å². The number of benzene rings is 1. The Morgan fingerprint density at radius 1 is 1.23 bits per heavy atom. The SMILES string of the molecule is Cc1cn2c(CN(C)C(=O)C3CCCCN3S(=O)(=O)c3ccccc3)c(C)nc2s1. The average Bonchev–Trinajstić information content (AvgIpc) is 3.23. The van der Waals surface area contributed by atoms with Crippen molar-refractivity contribution < 1.29 is 13.2 Å². The quantitative estimate of drug-likeness (QED) is 0.603. The minimum absolute atomic E-state index is 0.171. The summed E-state index contributed by atoms with van der Waals surface area (Å²) < 4.78 is 29.8. The number of imidazole rings is 1. The molecule has 0 bridgehead atoms. The molecule has 0 saturated carbocycles. The number of likely N-dealkylation sites (N-methyl/N-ethyl adjacent to an activating group) is 1. The highest BCUT2D eigenvalue weighted by atomic mass is 32.2. The van der Waals surface area contributed by atoms with E-state index in [0.29, 0.717) is 19.5 Å². The predicted octanol–water partition coefficient (Wildman–Crippen LogP) is 3.21. The molecule has 0 spiro atoms. The second kappa shape index (κ2) is 8.13. The van der Waals surface area contributed by atoms with Crippen LogP contribution in [0.15, 0.2) is 41.4 Å². The van der Waals surface area contributed by atoms with Crippen LogP contribution < -0.4 is 0 Å². The fourth-order valence-electron chi connectivity index (χ4n) is 4.02. The Labute approximate surface area is 181 Å². The standard InChI is InChI=1S/C21H26N4O3S2/c1-15-13-24-19(16(2)22-21(24)29-15)14-23(3)20(26)18-11-7-8-12-25(18)30(27,28)17-9-5-4-6-10-17/h4-6,9-10,13,18H,7-8,11-12,14H2,1-3H3. The zero-order valence-corrected chi connectivity index (χ0v) is 19.0. The minimum atomic E-state index is -3.72. The van der Waals surface area contributed by atoms with Crippen molar-refractivity contribution in [2.45, 2.75) is 50.6 Å². The van der Waals surface area contributed by atoms with E-state index in [4.69, 9.17) is 0 Å². The number of fused-ring (bicyclic) bond motifs is 1. The van der Waals surface area contributed by atoms with Gasteiger partial charge in [0.25, 0.3) is 0 Å². The van der Waals surface area contributed by atoms with Gasteiger partial charge < -0.3 is 4.90 Å². The third-order valence-electron chi connectivity index (χ3n) is 5.59. The first-order chi connectivity index (χ1) is 14.3. The number of aromatic nitrogens is 2. The number of hydrogen-bond acceptors (Lipinski definition) is 5. The van der Waals surface area contributed by atoms with Gasteiger partial charge in [0.05, 0.1) is 22.8 Å². The van der Waals surface area contributed by atoms with E-state index < -0.39 is 16.1 Å². The van der Waals surface area contributed by atoms with Crippen LogP contribution in [-0.2, 0) is 21.4 Å². The van der Waals surface area contributed by atoms with Gasteiger partial charge in [-0.05, 0) is 38.8 Å². The Kier molecular flexibility index (Phi) is 5.69. The molecule has 1 fully saturated rings. The number of piperidine rings is 1. The molecule has 1 unspecified atom stereocenters. The van der Waals surface area contributed by atoms with E-state index in [-0.39, 0.29) is 10.8 Å². The summed E-state index contributed by atoms with van der Waals surface area (Å²) in [5.74, 6) is -0.171. The molecular weight excluding hydrogens is 420 g/mol. The van der Waals surface area contributed by atoms with Crippen molar-refractivity contribution in [1.29, 1.82) is 0 Å². The number of hydrogen-bond donors (Lipinski definition) is 0. The second-order valence-corrected chi connectivity index (χ2v) is 10.9. The van der Waals surface area contributed by atoms with Crippen LogP contribution in [0.25, 0.3) is 4.96 Å². The summed E-state index contributed by atoms with van der Waals surface area (Å²) in [6, 6.07) is 7.68. The summed E-state index contributed by atoms with van der Waals surface area (Å²) in [4.78, 5) is 21.9. The first kappa shape index (κ1) is 21.0.